The minimum atomic E-state index is -1.16. The normalized spacial score (nSPS) is 23.3. The molecule has 1 aliphatic heterocycles. The Morgan fingerprint density at radius 3 is 2.66 bits per heavy atom. The molecular weight excluding hydrogens is 514 g/mol. The van der Waals surface area contributed by atoms with Crippen molar-refractivity contribution in [2.45, 2.75) is 44.3 Å². The number of amides is 2. The zero-order chi connectivity index (χ0) is 21.4. The monoisotopic (exact) mass is 537 g/mol. The van der Waals surface area contributed by atoms with Gasteiger partial charge in [0.2, 0.25) is 0 Å². The van der Waals surface area contributed by atoms with Crippen LogP contribution >= 0.6 is 31.9 Å². The third-order valence-corrected chi connectivity index (χ3v) is 5.81. The van der Waals surface area contributed by atoms with Gasteiger partial charge in [0.15, 0.2) is 5.60 Å². The molecule has 0 unspecified atom stereocenters. The third kappa shape index (κ3) is 5.95. The summed E-state index contributed by atoms with van der Waals surface area (Å²) in [5, 5.41) is 19.9. The van der Waals surface area contributed by atoms with Gasteiger partial charge in [0.05, 0.1) is 22.7 Å². The Morgan fingerprint density at radius 2 is 2.00 bits per heavy atom. The molecule has 2 atom stereocenters. The van der Waals surface area contributed by atoms with Gasteiger partial charge in [-0.25, -0.2) is 4.79 Å². The van der Waals surface area contributed by atoms with Crippen molar-refractivity contribution in [2.75, 3.05) is 26.8 Å². The molecule has 2 aliphatic rings. The molecule has 0 aromatic heterocycles. The number of alkyl carbamates (subject to hydrolysis) is 1. The molecule has 1 aliphatic carbocycles. The highest BCUT2D eigenvalue weighted by atomic mass is 79.9. The number of halogens is 2. The maximum absolute atomic E-state index is 12.4. The lowest BCUT2D eigenvalue weighted by atomic mass is 9.87. The molecule has 29 heavy (non-hydrogen) atoms. The minimum absolute atomic E-state index is 0.130. The predicted molar refractivity (Wildman–Crippen MR) is 114 cm³/mol. The number of carbonyl (C=O) groups is 2. The average molecular weight is 539 g/mol. The van der Waals surface area contributed by atoms with Crippen molar-refractivity contribution in [3.05, 3.63) is 20.8 Å². The van der Waals surface area contributed by atoms with E-state index in [2.05, 4.69) is 47.6 Å². The van der Waals surface area contributed by atoms with Crippen LogP contribution in [0.15, 0.2) is 26.0 Å². The molecule has 2 rings (SSSR count). The Labute approximate surface area is 186 Å². The number of allylic oxidation sites excluding steroid dienone is 1. The van der Waals surface area contributed by atoms with Crippen LogP contribution in [0.2, 0.25) is 0 Å². The minimum Gasteiger partial charge on any atom is -0.495 e. The summed E-state index contributed by atoms with van der Waals surface area (Å²) in [6.07, 6.45) is 2.69. The number of hydrogen-bond acceptors (Lipinski definition) is 7. The summed E-state index contributed by atoms with van der Waals surface area (Å²) >= 11 is 6.71. The van der Waals surface area contributed by atoms with Crippen LogP contribution in [0.3, 0.4) is 0 Å². The lowest BCUT2D eigenvalue weighted by Crippen LogP contribution is -2.45. The highest BCUT2D eigenvalue weighted by Gasteiger charge is 2.50. The molecule has 1 heterocycles. The number of unbranched alkanes of at least 4 members (excludes halogenated alkanes) is 2. The molecule has 11 heteroatoms. The van der Waals surface area contributed by atoms with Crippen molar-refractivity contribution in [2.24, 2.45) is 5.16 Å². The molecule has 0 fully saturated rings. The summed E-state index contributed by atoms with van der Waals surface area (Å²) in [5.74, 6) is 0.128. The van der Waals surface area contributed by atoms with Crippen molar-refractivity contribution in [3.63, 3.8) is 0 Å². The van der Waals surface area contributed by atoms with Gasteiger partial charge in [-0.1, -0.05) is 5.16 Å². The zero-order valence-electron chi connectivity index (χ0n) is 16.3. The second kappa shape index (κ2) is 11.0. The van der Waals surface area contributed by atoms with Crippen molar-refractivity contribution in [1.82, 2.24) is 10.6 Å². The van der Waals surface area contributed by atoms with E-state index in [0.29, 0.717) is 34.4 Å². The van der Waals surface area contributed by atoms with Crippen LogP contribution in [-0.2, 0) is 19.1 Å². The molecule has 0 radical (unpaired) electrons. The largest absolute Gasteiger partial charge is 0.495 e. The van der Waals surface area contributed by atoms with Crippen LogP contribution in [0, 0.1) is 0 Å². The second-order valence-electron chi connectivity index (χ2n) is 6.50. The van der Waals surface area contributed by atoms with E-state index in [4.69, 9.17) is 14.3 Å². The summed E-state index contributed by atoms with van der Waals surface area (Å²) in [7, 11) is 1.49. The van der Waals surface area contributed by atoms with Gasteiger partial charge in [-0.2, -0.15) is 0 Å². The smallest absolute Gasteiger partial charge is 0.407 e. The number of nitrogens with zero attached hydrogens (tertiary/aromatic N) is 1. The van der Waals surface area contributed by atoms with Crippen LogP contribution < -0.4 is 10.6 Å². The van der Waals surface area contributed by atoms with Crippen LogP contribution in [-0.4, -0.2) is 61.3 Å². The number of aliphatic hydroxyl groups is 1. The Bertz CT molecular complexity index is 724. The molecule has 0 saturated heterocycles. The lowest BCUT2D eigenvalue weighted by Gasteiger charge is -2.33. The highest BCUT2D eigenvalue weighted by molar-refractivity contribution is 9.12. The SMILES string of the molecule is CCOC(=O)NCCCCCNC(=O)C1=NO[C@]2(C=C(Br)C(OC)=C(Br)[C@@H]2O)C1. The fourth-order valence-corrected chi connectivity index (χ4v) is 4.71. The van der Waals surface area contributed by atoms with Crippen molar-refractivity contribution >= 4 is 49.6 Å². The Morgan fingerprint density at radius 1 is 1.31 bits per heavy atom. The zero-order valence-corrected chi connectivity index (χ0v) is 19.5. The van der Waals surface area contributed by atoms with Gasteiger partial charge in [-0.3, -0.25) is 4.79 Å². The van der Waals surface area contributed by atoms with Gasteiger partial charge in [-0.15, -0.1) is 0 Å². The first-order valence-electron chi connectivity index (χ1n) is 9.29. The molecule has 2 amide bonds. The summed E-state index contributed by atoms with van der Waals surface area (Å²) in [5.41, 5.74) is -0.948. The number of oxime groups is 1. The number of nitrogens with one attached hydrogen (secondary N) is 2. The fraction of sp³-hybridized carbons (Fsp3) is 0.611. The van der Waals surface area contributed by atoms with E-state index in [1.54, 1.807) is 13.0 Å². The quantitative estimate of drug-likeness (QED) is 0.388. The summed E-state index contributed by atoms with van der Waals surface area (Å²) in [4.78, 5) is 29.0. The first-order chi connectivity index (χ1) is 13.8. The molecule has 3 N–H and O–H groups in total. The molecule has 0 bridgehead atoms. The van der Waals surface area contributed by atoms with Gasteiger partial charge in [0.1, 0.15) is 17.6 Å². The van der Waals surface area contributed by atoms with E-state index in [-0.39, 0.29) is 18.0 Å². The van der Waals surface area contributed by atoms with Crippen molar-refractivity contribution in [1.29, 1.82) is 0 Å². The lowest BCUT2D eigenvalue weighted by molar-refractivity contribution is -0.114. The number of ether oxygens (including phenoxy) is 2. The topological polar surface area (TPSA) is 118 Å². The third-order valence-electron chi connectivity index (χ3n) is 4.43. The number of hydrogen-bond donors (Lipinski definition) is 3. The molecule has 0 aromatic rings. The summed E-state index contributed by atoms with van der Waals surface area (Å²) < 4.78 is 11.0. The molecule has 9 nitrogen and oxygen atoms in total. The van der Waals surface area contributed by atoms with Gasteiger partial charge in [0, 0.05) is 19.5 Å². The second-order valence-corrected chi connectivity index (χ2v) is 8.21. The molecule has 1 spiro atoms. The Kier molecular flexibility index (Phi) is 8.97. The molecule has 0 aromatic carbocycles. The van der Waals surface area contributed by atoms with Gasteiger partial charge >= 0.3 is 6.09 Å². The fourth-order valence-electron chi connectivity index (χ4n) is 2.92. The van der Waals surface area contributed by atoms with E-state index in [9.17, 15) is 14.7 Å². The first kappa shape index (κ1) is 23.7. The number of rotatable bonds is 9. The number of aliphatic hydroxyl groups excluding tert-OH is 1. The average Bonchev–Trinajstić information content (AvgIpc) is 3.11. The molecular formula is C18H25Br2N3O6. The summed E-state index contributed by atoms with van der Waals surface area (Å²) in [6.45, 7) is 3.10. The van der Waals surface area contributed by atoms with Gasteiger partial charge in [0.25, 0.3) is 5.91 Å². The van der Waals surface area contributed by atoms with E-state index in [1.807, 2.05) is 0 Å². The van der Waals surface area contributed by atoms with E-state index < -0.39 is 17.8 Å². The van der Waals surface area contributed by atoms with E-state index in [1.165, 1.54) is 7.11 Å². The summed E-state index contributed by atoms with van der Waals surface area (Å²) in [6, 6.07) is 0. The van der Waals surface area contributed by atoms with Crippen LogP contribution in [0.25, 0.3) is 0 Å². The van der Waals surface area contributed by atoms with Crippen LogP contribution in [0.5, 0.6) is 0 Å². The maximum atomic E-state index is 12.4. The maximum Gasteiger partial charge on any atom is 0.407 e. The van der Waals surface area contributed by atoms with Crippen molar-refractivity contribution < 1.29 is 29.0 Å². The highest BCUT2D eigenvalue weighted by Crippen LogP contribution is 2.43. The van der Waals surface area contributed by atoms with Crippen LogP contribution in [0.1, 0.15) is 32.6 Å². The molecule has 162 valence electrons. The Hall–Kier alpha value is -1.59. The van der Waals surface area contributed by atoms with E-state index in [0.717, 1.165) is 19.3 Å². The standard InChI is InChI=1S/C18H25Br2N3O6/c1-3-28-17(26)22-8-6-4-5-7-21-16(25)12-10-18(29-23-12)9-11(19)14(27-2)13(20)15(18)24/h9,15,24H,3-8,10H2,1-2H3,(H,21,25)(H,22,26)/t15-,18+/m0/s1. The van der Waals surface area contributed by atoms with Crippen LogP contribution in [0.4, 0.5) is 4.79 Å². The number of methoxy groups -OCH3 is 1. The Balaban J connectivity index is 1.73. The van der Waals surface area contributed by atoms with Gasteiger partial charge in [-0.05, 0) is 64.1 Å². The first-order valence-corrected chi connectivity index (χ1v) is 10.9. The molecule has 0 saturated carbocycles. The number of carbonyl (C=O) groups excluding carboxylic acids is 2. The van der Waals surface area contributed by atoms with E-state index >= 15 is 0 Å². The van der Waals surface area contributed by atoms with Gasteiger partial charge < -0.3 is 30.1 Å². The predicted octanol–water partition coefficient (Wildman–Crippen LogP) is 2.44. The van der Waals surface area contributed by atoms with Crippen molar-refractivity contribution in [3.8, 4) is 0 Å².